The van der Waals surface area contributed by atoms with Gasteiger partial charge in [0.1, 0.15) is 0 Å². The fourth-order valence-corrected chi connectivity index (χ4v) is 1.22. The molecule has 0 heterocycles. The Hall–Kier alpha value is -2.38. The molecule has 0 atom stereocenters. The maximum Gasteiger partial charge on any atom is 0.333 e. The van der Waals surface area contributed by atoms with Gasteiger partial charge in [-0.1, -0.05) is 6.58 Å². The smallest absolute Gasteiger partial charge is 0.333 e. The zero-order valence-electron chi connectivity index (χ0n) is 10.2. The van der Waals surface area contributed by atoms with Gasteiger partial charge in [0, 0.05) is 5.57 Å². The number of aliphatic carboxylic acids is 3. The Labute approximate surface area is 108 Å². The first-order valence-corrected chi connectivity index (χ1v) is 5.19. The van der Waals surface area contributed by atoms with Crippen molar-refractivity contribution < 1.29 is 39.2 Å². The van der Waals surface area contributed by atoms with E-state index in [9.17, 15) is 19.2 Å². The van der Waals surface area contributed by atoms with Crippen molar-refractivity contribution in [1.82, 2.24) is 0 Å². The summed E-state index contributed by atoms with van der Waals surface area (Å²) < 4.78 is 4.62. The maximum atomic E-state index is 11.0. The van der Waals surface area contributed by atoms with Crippen molar-refractivity contribution in [3.63, 3.8) is 0 Å². The van der Waals surface area contributed by atoms with Crippen LogP contribution in [-0.2, 0) is 23.9 Å². The predicted octanol–water partition coefficient (Wildman–Crippen LogP) is 0.126. The standard InChI is InChI=1S/C11H14O8/c1-6(2)7(12)19-5-3-4-11(8(13)14,9(15)16)10(17)18/h1,3-5H2,2H3,(H,13,14)(H,15,16)(H,17,18). The lowest BCUT2D eigenvalue weighted by Gasteiger charge is -2.19. The Morgan fingerprint density at radius 2 is 1.47 bits per heavy atom. The quantitative estimate of drug-likeness (QED) is 0.245. The molecule has 8 nitrogen and oxygen atoms in total. The van der Waals surface area contributed by atoms with Crippen LogP contribution in [0.3, 0.4) is 0 Å². The van der Waals surface area contributed by atoms with Crippen LogP contribution in [0.25, 0.3) is 0 Å². The Morgan fingerprint density at radius 1 is 1.05 bits per heavy atom. The molecular formula is C11H14O8. The van der Waals surface area contributed by atoms with E-state index < -0.39 is 35.7 Å². The molecule has 0 unspecified atom stereocenters. The van der Waals surface area contributed by atoms with Crippen LogP contribution in [0.2, 0.25) is 0 Å². The van der Waals surface area contributed by atoms with E-state index in [2.05, 4.69) is 11.3 Å². The SMILES string of the molecule is C=C(C)C(=O)OCCCC(C(=O)O)(C(=O)O)C(=O)O. The number of carboxylic acid groups (broad SMARTS) is 3. The summed E-state index contributed by atoms with van der Waals surface area (Å²) in [5.74, 6) is -6.64. The Morgan fingerprint density at radius 3 is 1.79 bits per heavy atom. The normalized spacial score (nSPS) is 10.6. The number of rotatable bonds is 8. The summed E-state index contributed by atoms with van der Waals surface area (Å²) in [6.07, 6.45) is -0.916. The van der Waals surface area contributed by atoms with Gasteiger partial charge in [0.05, 0.1) is 6.61 Å². The molecule has 0 aromatic rings. The number of esters is 1. The van der Waals surface area contributed by atoms with Crippen molar-refractivity contribution in [2.75, 3.05) is 6.61 Å². The minimum Gasteiger partial charge on any atom is -0.480 e. The summed E-state index contributed by atoms with van der Waals surface area (Å²) in [7, 11) is 0. The third-order valence-corrected chi connectivity index (χ3v) is 2.37. The third-order valence-electron chi connectivity index (χ3n) is 2.37. The molecule has 0 aliphatic heterocycles. The van der Waals surface area contributed by atoms with E-state index in [1.165, 1.54) is 6.92 Å². The fourth-order valence-electron chi connectivity index (χ4n) is 1.22. The average molecular weight is 274 g/mol. The summed E-state index contributed by atoms with van der Waals surface area (Å²) in [5, 5.41) is 26.3. The molecule has 0 radical (unpaired) electrons. The van der Waals surface area contributed by atoms with E-state index in [0.29, 0.717) is 0 Å². The lowest BCUT2D eigenvalue weighted by Crippen LogP contribution is -2.46. The summed E-state index contributed by atoms with van der Waals surface area (Å²) >= 11 is 0. The van der Waals surface area contributed by atoms with Gasteiger partial charge in [-0.25, -0.2) is 4.79 Å². The van der Waals surface area contributed by atoms with Crippen LogP contribution in [0.4, 0.5) is 0 Å². The van der Waals surface area contributed by atoms with Crippen LogP contribution >= 0.6 is 0 Å². The Bertz CT molecular complexity index is 386. The minimum absolute atomic E-state index is 0.126. The zero-order valence-corrected chi connectivity index (χ0v) is 10.2. The first-order chi connectivity index (χ1) is 8.66. The summed E-state index contributed by atoms with van der Waals surface area (Å²) in [6.45, 7) is 4.42. The molecule has 3 N–H and O–H groups in total. The second-order valence-electron chi connectivity index (χ2n) is 3.84. The molecular weight excluding hydrogens is 260 g/mol. The van der Waals surface area contributed by atoms with Gasteiger partial charge in [-0.05, 0) is 19.8 Å². The molecule has 0 spiro atoms. The minimum atomic E-state index is -2.93. The van der Waals surface area contributed by atoms with Crippen LogP contribution in [0.1, 0.15) is 19.8 Å². The first kappa shape index (κ1) is 16.6. The fraction of sp³-hybridized carbons (Fsp3) is 0.455. The van der Waals surface area contributed by atoms with Crippen molar-refractivity contribution in [2.45, 2.75) is 19.8 Å². The molecule has 0 aliphatic rings. The van der Waals surface area contributed by atoms with E-state index in [4.69, 9.17) is 15.3 Å². The van der Waals surface area contributed by atoms with Crippen LogP contribution in [-0.4, -0.2) is 45.8 Å². The molecule has 0 saturated carbocycles. The van der Waals surface area contributed by atoms with Crippen LogP contribution in [0.5, 0.6) is 0 Å². The highest BCUT2D eigenvalue weighted by Gasteiger charge is 2.53. The van der Waals surface area contributed by atoms with E-state index in [1.807, 2.05) is 0 Å². The number of ether oxygens (including phenoxy) is 1. The molecule has 0 aromatic heterocycles. The van der Waals surface area contributed by atoms with Crippen molar-refractivity contribution in [2.24, 2.45) is 5.41 Å². The zero-order chi connectivity index (χ0) is 15.2. The maximum absolute atomic E-state index is 11.0. The lowest BCUT2D eigenvalue weighted by atomic mass is 9.83. The van der Waals surface area contributed by atoms with Crippen LogP contribution in [0.15, 0.2) is 12.2 Å². The van der Waals surface area contributed by atoms with Gasteiger partial charge in [0.25, 0.3) is 5.41 Å². The topological polar surface area (TPSA) is 138 Å². The van der Waals surface area contributed by atoms with E-state index in [0.717, 1.165) is 0 Å². The number of carbonyl (C=O) groups is 4. The summed E-state index contributed by atoms with van der Waals surface area (Å²) in [6, 6.07) is 0. The highest BCUT2D eigenvalue weighted by molar-refractivity contribution is 6.16. The van der Waals surface area contributed by atoms with Gasteiger partial charge in [-0.3, -0.25) is 14.4 Å². The van der Waals surface area contributed by atoms with E-state index >= 15 is 0 Å². The summed E-state index contributed by atoms with van der Waals surface area (Å²) in [4.78, 5) is 43.6. The summed E-state index contributed by atoms with van der Waals surface area (Å²) in [5.41, 5.74) is -2.81. The van der Waals surface area contributed by atoms with Crippen LogP contribution < -0.4 is 0 Å². The highest BCUT2D eigenvalue weighted by Crippen LogP contribution is 2.25. The molecule has 0 saturated heterocycles. The van der Waals surface area contributed by atoms with Crippen molar-refractivity contribution >= 4 is 23.9 Å². The van der Waals surface area contributed by atoms with Gasteiger partial charge in [0.15, 0.2) is 0 Å². The van der Waals surface area contributed by atoms with Gasteiger partial charge in [-0.2, -0.15) is 0 Å². The third kappa shape index (κ3) is 3.80. The van der Waals surface area contributed by atoms with E-state index in [-0.39, 0.29) is 18.6 Å². The van der Waals surface area contributed by atoms with Gasteiger partial charge >= 0.3 is 23.9 Å². The molecule has 0 rings (SSSR count). The number of carbonyl (C=O) groups excluding carboxylic acids is 1. The van der Waals surface area contributed by atoms with Gasteiger partial charge in [0.2, 0.25) is 0 Å². The predicted molar refractivity (Wildman–Crippen MR) is 60.3 cm³/mol. The lowest BCUT2D eigenvalue weighted by molar-refractivity contribution is -0.176. The second-order valence-corrected chi connectivity index (χ2v) is 3.84. The number of hydrogen-bond donors (Lipinski definition) is 3. The Balaban J connectivity index is 4.67. The molecule has 0 aromatic carbocycles. The molecule has 0 aliphatic carbocycles. The van der Waals surface area contributed by atoms with Crippen LogP contribution in [0, 0.1) is 5.41 Å². The van der Waals surface area contributed by atoms with Gasteiger partial charge in [-0.15, -0.1) is 0 Å². The first-order valence-electron chi connectivity index (χ1n) is 5.19. The number of carboxylic acids is 3. The van der Waals surface area contributed by atoms with Crippen molar-refractivity contribution in [3.05, 3.63) is 12.2 Å². The van der Waals surface area contributed by atoms with Crippen molar-refractivity contribution in [1.29, 1.82) is 0 Å². The monoisotopic (exact) mass is 274 g/mol. The second kappa shape index (κ2) is 6.53. The molecule has 106 valence electrons. The van der Waals surface area contributed by atoms with Gasteiger partial charge < -0.3 is 20.1 Å². The molecule has 0 fully saturated rings. The highest BCUT2D eigenvalue weighted by atomic mass is 16.5. The molecule has 0 amide bonds. The molecule has 8 heteroatoms. The average Bonchev–Trinajstić information content (AvgIpc) is 2.26. The number of hydrogen-bond acceptors (Lipinski definition) is 5. The molecule has 19 heavy (non-hydrogen) atoms. The van der Waals surface area contributed by atoms with Crippen molar-refractivity contribution in [3.8, 4) is 0 Å². The largest absolute Gasteiger partial charge is 0.480 e. The van der Waals surface area contributed by atoms with E-state index in [1.54, 1.807) is 0 Å². The molecule has 0 bridgehead atoms. The Kier molecular flexibility index (Phi) is 5.71.